The number of hydrogen-bond donors (Lipinski definition) is 2. The number of anilines is 4. The number of aliphatic hydroxyl groups excluding tert-OH is 1. The molecule has 294 valence electrons. The maximum Gasteiger partial charge on any atom is 0.357 e. The van der Waals surface area contributed by atoms with E-state index >= 15 is 0 Å². The predicted octanol–water partition coefficient (Wildman–Crippen LogP) is 7.71. The summed E-state index contributed by atoms with van der Waals surface area (Å²) in [7, 11) is 3.04. The first-order valence-electron chi connectivity index (χ1n) is 19.6. The topological polar surface area (TPSA) is 150 Å². The summed E-state index contributed by atoms with van der Waals surface area (Å²) in [6, 6.07) is 9.77. The minimum Gasteiger partial charge on any atom is -0.497 e. The number of aromatic nitrogens is 6. The molecule has 4 aliphatic carbocycles. The summed E-state index contributed by atoms with van der Waals surface area (Å²) >= 11 is 1.55. The minimum absolute atomic E-state index is 0.0355. The van der Waals surface area contributed by atoms with E-state index in [-0.39, 0.29) is 34.1 Å². The number of hydrogen-bond acceptors (Lipinski definition) is 13. The van der Waals surface area contributed by atoms with E-state index in [4.69, 9.17) is 34.4 Å². The summed E-state index contributed by atoms with van der Waals surface area (Å²) in [6.45, 7) is 10.9. The number of benzene rings is 1. The van der Waals surface area contributed by atoms with Crippen molar-refractivity contribution in [2.45, 2.75) is 91.2 Å². The van der Waals surface area contributed by atoms with Gasteiger partial charge in [-0.2, -0.15) is 5.10 Å². The third-order valence-corrected chi connectivity index (χ3v) is 13.7. The van der Waals surface area contributed by atoms with E-state index in [9.17, 15) is 9.90 Å². The summed E-state index contributed by atoms with van der Waals surface area (Å²) in [5.74, 6) is 2.25. The van der Waals surface area contributed by atoms with Crippen LogP contribution in [0.4, 0.5) is 22.6 Å². The van der Waals surface area contributed by atoms with E-state index < -0.39 is 5.97 Å². The smallest absolute Gasteiger partial charge is 0.357 e. The molecule has 1 aromatic carbocycles. The van der Waals surface area contributed by atoms with Gasteiger partial charge in [0, 0.05) is 47.1 Å². The molecule has 5 aliphatic rings. The van der Waals surface area contributed by atoms with Gasteiger partial charge in [-0.15, -0.1) is 10.2 Å². The molecule has 5 aromatic rings. The highest BCUT2D eigenvalue weighted by Gasteiger charge is 2.66. The zero-order valence-electron chi connectivity index (χ0n) is 33.1. The van der Waals surface area contributed by atoms with Crippen LogP contribution in [0.3, 0.4) is 0 Å². The average Bonchev–Trinajstić information content (AvgIpc) is 3.73. The van der Waals surface area contributed by atoms with Crippen molar-refractivity contribution in [3.05, 3.63) is 59.0 Å². The van der Waals surface area contributed by atoms with Crippen LogP contribution < -0.4 is 15.0 Å². The standard InChI is InChI=1S/C42H50N8O5S/c1-25-28-8-7-13-49(36(28)48-47-35(25)46-38-44-31-16-27(53-5)9-11-32(31)56-38)33-12-10-29(34(45-33)37(52)54-6)30-17-43-50(26(30)2)24-41-19-39(3)18-40(4,20-41)22-42(21-39,23-41)55-15-14-51/h9-12,16-17,51H,7-8,13-15,18-24H2,1-6H3,(H,44,46,47). The number of pyridine rings is 1. The lowest BCUT2D eigenvalue weighted by Crippen LogP contribution is -2.64. The molecule has 4 bridgehead atoms. The number of ether oxygens (including phenoxy) is 3. The van der Waals surface area contributed by atoms with Crippen molar-refractivity contribution in [2.24, 2.45) is 16.2 Å². The molecule has 56 heavy (non-hydrogen) atoms. The lowest BCUT2D eigenvalue weighted by molar-refractivity contribution is -0.250. The second-order valence-corrected chi connectivity index (χ2v) is 18.5. The highest BCUT2D eigenvalue weighted by molar-refractivity contribution is 7.22. The summed E-state index contributed by atoms with van der Waals surface area (Å²) in [5, 5.41) is 28.1. The largest absolute Gasteiger partial charge is 0.497 e. The molecule has 2 unspecified atom stereocenters. The fourth-order valence-corrected chi connectivity index (χ4v) is 12.6. The Kier molecular flexibility index (Phi) is 8.90. The summed E-state index contributed by atoms with van der Waals surface area (Å²) < 4.78 is 20.4. The first kappa shape index (κ1) is 36.9. The molecule has 10 rings (SSSR count). The van der Waals surface area contributed by atoms with Gasteiger partial charge in [-0.25, -0.2) is 14.8 Å². The molecule has 0 amide bonds. The van der Waals surface area contributed by atoms with E-state index in [0.717, 1.165) is 101 Å². The summed E-state index contributed by atoms with van der Waals surface area (Å²) in [4.78, 5) is 25.2. The van der Waals surface area contributed by atoms with Crippen molar-refractivity contribution in [2.75, 3.05) is 44.2 Å². The van der Waals surface area contributed by atoms with Crippen LogP contribution in [0.2, 0.25) is 0 Å². The Morgan fingerprint density at radius 1 is 0.982 bits per heavy atom. The number of aliphatic hydroxyl groups is 1. The molecule has 1 aliphatic heterocycles. The summed E-state index contributed by atoms with van der Waals surface area (Å²) in [5.41, 5.74) is 5.92. The number of carbonyl (C=O) groups excluding carboxylic acids is 1. The zero-order valence-corrected chi connectivity index (χ0v) is 33.9. The molecule has 4 saturated carbocycles. The van der Waals surface area contributed by atoms with Crippen LogP contribution in [0.15, 0.2) is 36.5 Å². The van der Waals surface area contributed by atoms with Gasteiger partial charge >= 0.3 is 5.97 Å². The highest BCUT2D eigenvalue weighted by atomic mass is 32.1. The Hall–Kier alpha value is -4.66. The quantitative estimate of drug-likeness (QED) is 0.127. The molecular formula is C42H50N8O5S. The van der Waals surface area contributed by atoms with Crippen LogP contribution in [0, 0.1) is 30.1 Å². The fourth-order valence-electron chi connectivity index (χ4n) is 11.8. The zero-order chi connectivity index (χ0) is 39.0. The van der Waals surface area contributed by atoms with Gasteiger partial charge in [0.1, 0.15) is 11.6 Å². The molecule has 14 heteroatoms. The molecule has 5 heterocycles. The van der Waals surface area contributed by atoms with E-state index in [2.05, 4.69) is 42.8 Å². The van der Waals surface area contributed by atoms with Crippen LogP contribution in [0.1, 0.15) is 86.1 Å². The van der Waals surface area contributed by atoms with E-state index in [0.29, 0.717) is 30.4 Å². The number of rotatable bonds is 11. The van der Waals surface area contributed by atoms with Gasteiger partial charge in [-0.1, -0.05) is 25.2 Å². The van der Waals surface area contributed by atoms with Crippen molar-refractivity contribution < 1.29 is 24.1 Å². The van der Waals surface area contributed by atoms with Crippen molar-refractivity contribution in [1.29, 1.82) is 0 Å². The van der Waals surface area contributed by atoms with Gasteiger partial charge in [0.2, 0.25) is 0 Å². The number of nitrogens with zero attached hydrogens (tertiary/aromatic N) is 7. The van der Waals surface area contributed by atoms with Crippen LogP contribution in [0.25, 0.3) is 21.3 Å². The number of thiazole rings is 1. The molecule has 0 radical (unpaired) electrons. The van der Waals surface area contributed by atoms with E-state index in [1.165, 1.54) is 13.5 Å². The Morgan fingerprint density at radius 3 is 2.54 bits per heavy atom. The Labute approximate surface area is 330 Å². The first-order chi connectivity index (χ1) is 26.9. The number of fused-ring (bicyclic) bond motifs is 2. The molecule has 0 spiro atoms. The minimum atomic E-state index is -0.508. The molecule has 2 N–H and O–H groups in total. The second-order valence-electron chi connectivity index (χ2n) is 17.5. The first-order valence-corrected chi connectivity index (χ1v) is 20.4. The SMILES string of the molecule is COC(=O)c1nc(N2CCCc3c2nnc(Nc2nc4cc(OC)ccc4s2)c3C)ccc1-c1cnn(CC23CC4(C)CC(C)(C2)CC(OCCO)(C4)C3)c1C. The lowest BCUT2D eigenvalue weighted by atomic mass is 9.39. The van der Waals surface area contributed by atoms with Crippen LogP contribution >= 0.6 is 11.3 Å². The maximum atomic E-state index is 13.5. The Bertz CT molecular complexity index is 2340. The molecule has 2 atom stereocenters. The summed E-state index contributed by atoms with van der Waals surface area (Å²) in [6.07, 6.45) is 10.1. The van der Waals surface area contributed by atoms with Gasteiger partial charge in [-0.3, -0.25) is 4.68 Å². The van der Waals surface area contributed by atoms with Gasteiger partial charge < -0.3 is 29.5 Å². The average molecular weight is 779 g/mol. The third-order valence-electron chi connectivity index (χ3n) is 12.8. The van der Waals surface area contributed by atoms with Crippen molar-refractivity contribution in [3.63, 3.8) is 0 Å². The van der Waals surface area contributed by atoms with Crippen LogP contribution in [-0.4, -0.2) is 80.6 Å². The maximum absolute atomic E-state index is 13.5. The highest BCUT2D eigenvalue weighted by Crippen LogP contribution is 2.72. The van der Waals surface area contributed by atoms with Gasteiger partial charge in [-0.05, 0) is 106 Å². The van der Waals surface area contributed by atoms with E-state index in [1.54, 1.807) is 18.4 Å². The van der Waals surface area contributed by atoms with Gasteiger partial charge in [0.15, 0.2) is 22.5 Å². The Morgan fingerprint density at radius 2 is 1.79 bits per heavy atom. The fraction of sp³-hybridized carbons (Fsp3) is 0.524. The number of nitrogens with one attached hydrogen (secondary N) is 1. The number of esters is 1. The number of methoxy groups -OCH3 is 2. The molecule has 4 fully saturated rings. The van der Waals surface area contributed by atoms with Crippen molar-refractivity contribution in [1.82, 2.24) is 29.9 Å². The molecular weight excluding hydrogens is 729 g/mol. The van der Waals surface area contributed by atoms with E-state index in [1.807, 2.05) is 41.4 Å². The molecule has 0 saturated heterocycles. The molecule has 4 aromatic heterocycles. The van der Waals surface area contributed by atoms with Gasteiger partial charge in [0.25, 0.3) is 0 Å². The van der Waals surface area contributed by atoms with Crippen LogP contribution in [0.5, 0.6) is 5.75 Å². The second kappa shape index (κ2) is 13.5. The third kappa shape index (κ3) is 6.29. The Balaban J connectivity index is 1.00. The van der Waals surface area contributed by atoms with Gasteiger partial charge in [0.05, 0.1) is 49.4 Å². The predicted molar refractivity (Wildman–Crippen MR) is 215 cm³/mol. The monoisotopic (exact) mass is 778 g/mol. The molecule has 13 nitrogen and oxygen atoms in total. The van der Waals surface area contributed by atoms with Crippen molar-refractivity contribution in [3.8, 4) is 16.9 Å². The van der Waals surface area contributed by atoms with Crippen molar-refractivity contribution >= 4 is 50.1 Å². The number of carbonyl (C=O) groups is 1. The normalized spacial score (nSPS) is 26.4. The lowest BCUT2D eigenvalue weighted by Gasteiger charge is -2.69. The van der Waals surface area contributed by atoms with Crippen LogP contribution in [-0.2, 0) is 22.4 Å².